The molecule has 0 fully saturated rings. The average molecular weight is 561 g/mol. The monoisotopic (exact) mass is 559 g/mol. The normalized spacial score (nSPS) is 11.1. The van der Waals surface area contributed by atoms with E-state index in [2.05, 4.69) is 10.3 Å². The van der Waals surface area contributed by atoms with Crippen LogP contribution in [0.25, 0.3) is 11.3 Å². The molecular weight excluding hydrogens is 534 g/mol. The standard InChI is InChI=1S/C25H25N3O3S2.BrH/c1-3-28(4-2)33(29,30)23-16-10-19(11-17-23)24-18-32-25(27-24)26-20-12-14-22(15-13-20)31-21-8-6-5-7-9-21;/h5-18H,3-4H2,1-2H3,(H,26,27);1H. The molecule has 4 aromatic rings. The molecule has 0 aliphatic rings. The molecule has 0 amide bonds. The molecule has 1 N–H and O–H groups in total. The third-order valence-corrected chi connectivity index (χ3v) is 7.90. The molecule has 0 aliphatic heterocycles. The number of halogens is 1. The van der Waals surface area contributed by atoms with Crippen LogP contribution in [0.1, 0.15) is 13.8 Å². The van der Waals surface area contributed by atoms with Crippen LogP contribution in [-0.4, -0.2) is 30.8 Å². The molecule has 178 valence electrons. The maximum Gasteiger partial charge on any atom is 0.243 e. The molecule has 3 aromatic carbocycles. The fourth-order valence-corrected chi connectivity index (χ4v) is 5.53. The van der Waals surface area contributed by atoms with Crippen molar-refractivity contribution in [3.8, 4) is 22.8 Å². The lowest BCUT2D eigenvalue weighted by Gasteiger charge is -2.18. The van der Waals surface area contributed by atoms with Crippen LogP contribution in [0.5, 0.6) is 11.5 Å². The lowest BCUT2D eigenvalue weighted by Crippen LogP contribution is -2.30. The summed E-state index contributed by atoms with van der Waals surface area (Å²) in [7, 11) is -3.47. The number of nitrogens with zero attached hydrogens (tertiary/aromatic N) is 2. The number of hydrogen-bond acceptors (Lipinski definition) is 6. The Morgan fingerprint density at radius 3 is 2.12 bits per heavy atom. The molecule has 6 nitrogen and oxygen atoms in total. The van der Waals surface area contributed by atoms with Gasteiger partial charge in [-0.3, -0.25) is 0 Å². The van der Waals surface area contributed by atoms with Gasteiger partial charge in [0.05, 0.1) is 10.6 Å². The summed E-state index contributed by atoms with van der Waals surface area (Å²) in [4.78, 5) is 4.93. The summed E-state index contributed by atoms with van der Waals surface area (Å²) >= 11 is 1.49. The van der Waals surface area contributed by atoms with E-state index in [-0.39, 0.29) is 17.0 Å². The van der Waals surface area contributed by atoms with Crippen molar-refractivity contribution >= 4 is 49.2 Å². The molecule has 0 saturated heterocycles. The second-order valence-electron chi connectivity index (χ2n) is 7.22. The Kier molecular flexibility index (Phi) is 8.84. The topological polar surface area (TPSA) is 71.5 Å². The summed E-state index contributed by atoms with van der Waals surface area (Å²) < 4.78 is 32.6. The summed E-state index contributed by atoms with van der Waals surface area (Å²) in [5.74, 6) is 1.55. The second-order valence-corrected chi connectivity index (χ2v) is 10.0. The fraction of sp³-hybridized carbons (Fsp3) is 0.160. The van der Waals surface area contributed by atoms with Gasteiger partial charge in [0, 0.05) is 29.7 Å². The fourth-order valence-electron chi connectivity index (χ4n) is 3.33. The van der Waals surface area contributed by atoms with Crippen molar-refractivity contribution in [1.29, 1.82) is 0 Å². The zero-order valence-corrected chi connectivity index (χ0v) is 22.2. The molecule has 0 unspecified atom stereocenters. The number of sulfonamides is 1. The minimum atomic E-state index is -3.47. The van der Waals surface area contributed by atoms with Crippen molar-refractivity contribution in [2.75, 3.05) is 18.4 Å². The Morgan fingerprint density at radius 1 is 0.882 bits per heavy atom. The van der Waals surface area contributed by atoms with Crippen molar-refractivity contribution in [2.45, 2.75) is 18.7 Å². The highest BCUT2D eigenvalue weighted by Gasteiger charge is 2.21. The molecular formula is C25H26BrN3O3S2. The Bertz CT molecular complexity index is 1290. The van der Waals surface area contributed by atoms with Gasteiger partial charge in [0.2, 0.25) is 10.0 Å². The zero-order chi connectivity index (χ0) is 23.3. The van der Waals surface area contributed by atoms with Gasteiger partial charge in [-0.05, 0) is 48.5 Å². The van der Waals surface area contributed by atoms with E-state index in [0.717, 1.165) is 33.6 Å². The molecule has 0 radical (unpaired) electrons. The van der Waals surface area contributed by atoms with E-state index >= 15 is 0 Å². The van der Waals surface area contributed by atoms with Gasteiger partial charge in [0.15, 0.2) is 5.13 Å². The third-order valence-electron chi connectivity index (χ3n) is 5.08. The van der Waals surface area contributed by atoms with Crippen molar-refractivity contribution < 1.29 is 13.2 Å². The Labute approximate surface area is 215 Å². The minimum absolute atomic E-state index is 0. The quantitative estimate of drug-likeness (QED) is 0.240. The summed E-state index contributed by atoms with van der Waals surface area (Å²) in [6, 6.07) is 24.2. The third kappa shape index (κ3) is 6.04. The lowest BCUT2D eigenvalue weighted by molar-refractivity contribution is 0.445. The first-order chi connectivity index (χ1) is 16.0. The first kappa shape index (κ1) is 25.9. The van der Waals surface area contributed by atoms with E-state index in [9.17, 15) is 8.42 Å². The minimum Gasteiger partial charge on any atom is -0.457 e. The number of ether oxygens (including phenoxy) is 1. The summed E-state index contributed by atoms with van der Waals surface area (Å²) in [6.45, 7) is 4.56. The van der Waals surface area contributed by atoms with Crippen molar-refractivity contribution in [3.63, 3.8) is 0 Å². The number of thiazole rings is 1. The molecule has 0 aliphatic carbocycles. The summed E-state index contributed by atoms with van der Waals surface area (Å²) in [6.07, 6.45) is 0. The van der Waals surface area contributed by atoms with Gasteiger partial charge >= 0.3 is 0 Å². The van der Waals surface area contributed by atoms with Gasteiger partial charge in [0.25, 0.3) is 0 Å². The van der Waals surface area contributed by atoms with Crippen molar-refractivity contribution in [1.82, 2.24) is 9.29 Å². The van der Waals surface area contributed by atoms with E-state index in [1.807, 2.05) is 73.8 Å². The number of benzene rings is 3. The molecule has 4 rings (SSSR count). The van der Waals surface area contributed by atoms with E-state index in [0.29, 0.717) is 18.0 Å². The predicted octanol–water partition coefficient (Wildman–Crippen LogP) is 6.95. The molecule has 34 heavy (non-hydrogen) atoms. The summed E-state index contributed by atoms with van der Waals surface area (Å²) in [5.41, 5.74) is 2.56. The van der Waals surface area contributed by atoms with Crippen LogP contribution < -0.4 is 10.1 Å². The van der Waals surface area contributed by atoms with Gasteiger partial charge in [-0.15, -0.1) is 28.3 Å². The van der Waals surface area contributed by atoms with E-state index < -0.39 is 10.0 Å². The van der Waals surface area contributed by atoms with Gasteiger partial charge < -0.3 is 10.1 Å². The number of para-hydroxylation sites is 1. The van der Waals surface area contributed by atoms with Crippen LogP contribution in [0.2, 0.25) is 0 Å². The molecule has 1 aromatic heterocycles. The number of nitrogens with one attached hydrogen (secondary N) is 1. The van der Waals surface area contributed by atoms with Gasteiger partial charge in [0.1, 0.15) is 11.5 Å². The predicted molar refractivity (Wildman–Crippen MR) is 144 cm³/mol. The van der Waals surface area contributed by atoms with Crippen LogP contribution in [0.4, 0.5) is 10.8 Å². The van der Waals surface area contributed by atoms with Crippen LogP contribution in [0, 0.1) is 0 Å². The number of rotatable bonds is 9. The number of aromatic nitrogens is 1. The van der Waals surface area contributed by atoms with Crippen molar-refractivity contribution in [2.24, 2.45) is 0 Å². The molecule has 0 atom stereocenters. The average Bonchev–Trinajstić information content (AvgIpc) is 3.30. The maximum absolute atomic E-state index is 12.7. The summed E-state index contributed by atoms with van der Waals surface area (Å²) in [5, 5.41) is 6.00. The Morgan fingerprint density at radius 2 is 1.50 bits per heavy atom. The Balaban J connectivity index is 0.00000324. The molecule has 0 saturated carbocycles. The van der Waals surface area contributed by atoms with Crippen LogP contribution in [0.3, 0.4) is 0 Å². The van der Waals surface area contributed by atoms with Gasteiger partial charge in [-0.2, -0.15) is 4.31 Å². The van der Waals surface area contributed by atoms with E-state index in [1.165, 1.54) is 15.6 Å². The molecule has 0 spiro atoms. The molecule has 1 heterocycles. The first-order valence-corrected chi connectivity index (χ1v) is 13.0. The van der Waals surface area contributed by atoms with Gasteiger partial charge in [-0.25, -0.2) is 13.4 Å². The van der Waals surface area contributed by atoms with E-state index in [1.54, 1.807) is 24.3 Å². The SMILES string of the molecule is Br.CCN(CC)S(=O)(=O)c1ccc(-c2csc(Nc3ccc(Oc4ccccc4)cc3)n2)cc1. The smallest absolute Gasteiger partial charge is 0.243 e. The first-order valence-electron chi connectivity index (χ1n) is 10.7. The van der Waals surface area contributed by atoms with Crippen molar-refractivity contribution in [3.05, 3.63) is 84.2 Å². The van der Waals surface area contributed by atoms with Crippen LogP contribution in [0.15, 0.2) is 89.1 Å². The van der Waals surface area contributed by atoms with Crippen LogP contribution in [-0.2, 0) is 10.0 Å². The zero-order valence-electron chi connectivity index (χ0n) is 18.8. The number of anilines is 2. The highest BCUT2D eigenvalue weighted by molar-refractivity contribution is 8.93. The highest BCUT2D eigenvalue weighted by atomic mass is 79.9. The van der Waals surface area contributed by atoms with Crippen LogP contribution >= 0.6 is 28.3 Å². The molecule has 9 heteroatoms. The number of hydrogen-bond donors (Lipinski definition) is 1. The largest absolute Gasteiger partial charge is 0.457 e. The second kappa shape index (κ2) is 11.6. The molecule has 0 bridgehead atoms. The highest BCUT2D eigenvalue weighted by Crippen LogP contribution is 2.29. The Hall–Kier alpha value is -2.72. The lowest BCUT2D eigenvalue weighted by atomic mass is 10.2. The maximum atomic E-state index is 12.7. The van der Waals surface area contributed by atoms with E-state index in [4.69, 9.17) is 4.74 Å². The van der Waals surface area contributed by atoms with Gasteiger partial charge in [-0.1, -0.05) is 44.2 Å².